The lowest BCUT2D eigenvalue weighted by Gasteiger charge is -2.10. The maximum atomic E-state index is 5.41. The molecular formula is C15H27N3O2. The second kappa shape index (κ2) is 9.66. The molecule has 0 aliphatic rings. The lowest BCUT2D eigenvalue weighted by atomic mass is 10.1. The summed E-state index contributed by atoms with van der Waals surface area (Å²) in [6.45, 7) is 9.26. The van der Waals surface area contributed by atoms with E-state index >= 15 is 0 Å². The van der Waals surface area contributed by atoms with E-state index in [1.54, 1.807) is 7.11 Å². The summed E-state index contributed by atoms with van der Waals surface area (Å²) < 4.78 is 10.3. The Hall–Kier alpha value is -1.20. The van der Waals surface area contributed by atoms with Crippen molar-refractivity contribution in [3.05, 3.63) is 17.5 Å². The Morgan fingerprint density at radius 1 is 1.15 bits per heavy atom. The van der Waals surface area contributed by atoms with E-state index in [0.29, 0.717) is 19.1 Å². The zero-order chi connectivity index (χ0) is 14.8. The first-order valence-electron chi connectivity index (χ1n) is 7.29. The van der Waals surface area contributed by atoms with E-state index in [1.807, 2.05) is 13.0 Å². The highest BCUT2D eigenvalue weighted by atomic mass is 16.5. The van der Waals surface area contributed by atoms with Gasteiger partial charge in [-0.05, 0) is 31.7 Å². The third-order valence-corrected chi connectivity index (χ3v) is 2.90. The van der Waals surface area contributed by atoms with Crippen molar-refractivity contribution in [3.63, 3.8) is 0 Å². The number of unbranched alkanes of at least 4 members (excludes halogenated alkanes) is 1. The van der Waals surface area contributed by atoms with Gasteiger partial charge in [0.1, 0.15) is 0 Å². The van der Waals surface area contributed by atoms with Crippen molar-refractivity contribution in [2.75, 3.05) is 38.8 Å². The van der Waals surface area contributed by atoms with Crippen LogP contribution in [0.5, 0.6) is 0 Å². The van der Waals surface area contributed by atoms with Crippen LogP contribution in [0, 0.1) is 6.92 Å². The summed E-state index contributed by atoms with van der Waals surface area (Å²) in [6.07, 6.45) is 2.07. The van der Waals surface area contributed by atoms with Crippen LogP contribution in [0.1, 0.15) is 44.0 Å². The molecule has 0 aromatic carbocycles. The normalized spacial score (nSPS) is 11.1. The third-order valence-electron chi connectivity index (χ3n) is 2.90. The Labute approximate surface area is 122 Å². The van der Waals surface area contributed by atoms with E-state index in [2.05, 4.69) is 29.1 Å². The molecule has 1 aromatic rings. The molecule has 0 amide bonds. The van der Waals surface area contributed by atoms with Crippen LogP contribution < -0.4 is 5.32 Å². The van der Waals surface area contributed by atoms with Gasteiger partial charge in [0, 0.05) is 31.6 Å². The lowest BCUT2D eigenvalue weighted by molar-refractivity contribution is 0.0691. The van der Waals surface area contributed by atoms with Gasteiger partial charge in [0.2, 0.25) is 5.95 Å². The van der Waals surface area contributed by atoms with Crippen LogP contribution in [0.3, 0.4) is 0 Å². The number of hydrogen-bond donors (Lipinski definition) is 1. The minimum atomic E-state index is 0.423. The molecule has 5 nitrogen and oxygen atoms in total. The Bertz CT molecular complexity index is 383. The van der Waals surface area contributed by atoms with Gasteiger partial charge in [0.05, 0.1) is 13.2 Å². The molecule has 0 spiro atoms. The van der Waals surface area contributed by atoms with Crippen molar-refractivity contribution >= 4 is 5.95 Å². The summed E-state index contributed by atoms with van der Waals surface area (Å²) in [4.78, 5) is 8.93. The third kappa shape index (κ3) is 6.82. The molecule has 0 aliphatic heterocycles. The topological polar surface area (TPSA) is 56.3 Å². The molecule has 0 aliphatic carbocycles. The minimum absolute atomic E-state index is 0.423. The number of aryl methyl sites for hydroxylation is 1. The highest BCUT2D eigenvalue weighted by Crippen LogP contribution is 2.14. The second-order valence-electron chi connectivity index (χ2n) is 5.15. The predicted molar refractivity (Wildman–Crippen MR) is 81.3 cm³/mol. The number of rotatable bonds is 10. The fraction of sp³-hybridized carbons (Fsp3) is 0.733. The highest BCUT2D eigenvalue weighted by Gasteiger charge is 2.05. The van der Waals surface area contributed by atoms with Crippen molar-refractivity contribution in [1.82, 2.24) is 9.97 Å². The smallest absolute Gasteiger partial charge is 0.223 e. The van der Waals surface area contributed by atoms with Gasteiger partial charge in [-0.3, -0.25) is 0 Å². The molecule has 1 N–H and O–H groups in total. The first-order chi connectivity index (χ1) is 9.63. The second-order valence-corrected chi connectivity index (χ2v) is 5.15. The van der Waals surface area contributed by atoms with Crippen LogP contribution in [-0.4, -0.2) is 43.4 Å². The standard InChI is InChI=1S/C15H27N3O2/c1-12(2)14-11-13(3)17-15(18-14)16-7-5-6-8-20-10-9-19-4/h11-12H,5-10H2,1-4H3,(H,16,17,18). The lowest BCUT2D eigenvalue weighted by Crippen LogP contribution is -2.09. The molecular weight excluding hydrogens is 254 g/mol. The Morgan fingerprint density at radius 3 is 2.65 bits per heavy atom. The minimum Gasteiger partial charge on any atom is -0.382 e. The molecule has 0 radical (unpaired) electrons. The number of methoxy groups -OCH3 is 1. The van der Waals surface area contributed by atoms with Crippen molar-refractivity contribution in [3.8, 4) is 0 Å². The van der Waals surface area contributed by atoms with Gasteiger partial charge in [0.25, 0.3) is 0 Å². The first kappa shape index (κ1) is 16.9. The zero-order valence-electron chi connectivity index (χ0n) is 13.1. The zero-order valence-corrected chi connectivity index (χ0v) is 13.1. The average molecular weight is 281 g/mol. The molecule has 1 aromatic heterocycles. The molecule has 5 heteroatoms. The highest BCUT2D eigenvalue weighted by molar-refractivity contribution is 5.28. The number of nitrogens with zero attached hydrogens (tertiary/aromatic N) is 2. The number of nitrogens with one attached hydrogen (secondary N) is 1. The summed E-state index contributed by atoms with van der Waals surface area (Å²) in [5.74, 6) is 1.15. The van der Waals surface area contributed by atoms with Gasteiger partial charge >= 0.3 is 0 Å². The van der Waals surface area contributed by atoms with Gasteiger partial charge in [-0.1, -0.05) is 13.8 Å². The fourth-order valence-corrected chi connectivity index (χ4v) is 1.74. The van der Waals surface area contributed by atoms with Crippen LogP contribution in [0.4, 0.5) is 5.95 Å². The van der Waals surface area contributed by atoms with Gasteiger partial charge < -0.3 is 14.8 Å². The van der Waals surface area contributed by atoms with Crippen molar-refractivity contribution in [1.29, 1.82) is 0 Å². The predicted octanol–water partition coefficient (Wildman–Crippen LogP) is 2.76. The molecule has 1 heterocycles. The van der Waals surface area contributed by atoms with E-state index < -0.39 is 0 Å². The summed E-state index contributed by atoms with van der Waals surface area (Å²) in [5, 5.41) is 3.28. The van der Waals surface area contributed by atoms with Crippen molar-refractivity contribution in [2.45, 2.75) is 39.5 Å². The molecule has 20 heavy (non-hydrogen) atoms. The number of anilines is 1. The van der Waals surface area contributed by atoms with Gasteiger partial charge in [-0.2, -0.15) is 0 Å². The summed E-state index contributed by atoms with van der Waals surface area (Å²) in [5.41, 5.74) is 2.09. The quantitative estimate of drug-likeness (QED) is 0.668. The maximum Gasteiger partial charge on any atom is 0.223 e. The van der Waals surface area contributed by atoms with E-state index in [9.17, 15) is 0 Å². The van der Waals surface area contributed by atoms with E-state index in [0.717, 1.165) is 43.3 Å². The Morgan fingerprint density at radius 2 is 1.95 bits per heavy atom. The molecule has 114 valence electrons. The summed E-state index contributed by atoms with van der Waals surface area (Å²) in [7, 11) is 1.68. The van der Waals surface area contributed by atoms with Crippen LogP contribution in [-0.2, 0) is 9.47 Å². The molecule has 0 bridgehead atoms. The monoisotopic (exact) mass is 281 g/mol. The average Bonchev–Trinajstić information content (AvgIpc) is 2.41. The van der Waals surface area contributed by atoms with Crippen LogP contribution in [0.25, 0.3) is 0 Å². The van der Waals surface area contributed by atoms with Crippen LogP contribution in [0.2, 0.25) is 0 Å². The first-order valence-corrected chi connectivity index (χ1v) is 7.29. The molecule has 0 fully saturated rings. The van der Waals surface area contributed by atoms with Gasteiger partial charge in [-0.25, -0.2) is 9.97 Å². The molecule has 0 unspecified atom stereocenters. The number of hydrogen-bond acceptors (Lipinski definition) is 5. The SMILES string of the molecule is COCCOCCCCNc1nc(C)cc(C(C)C)n1. The molecule has 1 rings (SSSR count). The number of ether oxygens (including phenoxy) is 2. The van der Waals surface area contributed by atoms with Gasteiger partial charge in [-0.15, -0.1) is 0 Å². The van der Waals surface area contributed by atoms with Crippen molar-refractivity contribution in [2.24, 2.45) is 0 Å². The molecule has 0 atom stereocenters. The van der Waals surface area contributed by atoms with Crippen molar-refractivity contribution < 1.29 is 9.47 Å². The van der Waals surface area contributed by atoms with Crippen LogP contribution >= 0.6 is 0 Å². The largest absolute Gasteiger partial charge is 0.382 e. The van der Waals surface area contributed by atoms with E-state index in [-0.39, 0.29) is 0 Å². The Kier molecular flexibility index (Phi) is 8.14. The number of aromatic nitrogens is 2. The van der Waals surface area contributed by atoms with Gasteiger partial charge in [0.15, 0.2) is 0 Å². The summed E-state index contributed by atoms with van der Waals surface area (Å²) in [6, 6.07) is 2.04. The van der Waals surface area contributed by atoms with E-state index in [1.165, 1.54) is 0 Å². The Balaban J connectivity index is 2.21. The van der Waals surface area contributed by atoms with E-state index in [4.69, 9.17) is 9.47 Å². The molecule has 0 saturated heterocycles. The fourth-order valence-electron chi connectivity index (χ4n) is 1.74. The molecule has 0 saturated carbocycles. The van der Waals surface area contributed by atoms with Crippen LogP contribution in [0.15, 0.2) is 6.07 Å². The summed E-state index contributed by atoms with van der Waals surface area (Å²) >= 11 is 0. The maximum absolute atomic E-state index is 5.41.